The molecule has 0 saturated heterocycles. The summed E-state index contributed by atoms with van der Waals surface area (Å²) in [6.07, 6.45) is 0.378. The smallest absolute Gasteiger partial charge is 0.161 e. The second-order valence-corrected chi connectivity index (χ2v) is 4.22. The molecule has 16 heavy (non-hydrogen) atoms. The Kier molecular flexibility index (Phi) is 3.25. The maximum absolute atomic E-state index is 11.5. The Bertz CT molecular complexity index is 385. The van der Waals surface area contributed by atoms with Gasteiger partial charge >= 0.3 is 0 Å². The largest absolute Gasteiger partial charge is 0.493 e. The number of ketones is 1. The van der Waals surface area contributed by atoms with Crippen LogP contribution in [0.1, 0.15) is 31.2 Å². The zero-order valence-electron chi connectivity index (χ0n) is 9.35. The van der Waals surface area contributed by atoms with Crippen molar-refractivity contribution >= 4 is 5.78 Å². The number of rotatable bonds is 3. The van der Waals surface area contributed by atoms with Gasteiger partial charge in [-0.2, -0.15) is 0 Å². The molecule has 0 aromatic heterocycles. The molecule has 1 aliphatic heterocycles. The molecule has 2 atom stereocenters. The number of hydrogen-bond donors (Lipinski definition) is 1. The quantitative estimate of drug-likeness (QED) is 0.846. The van der Waals surface area contributed by atoms with Gasteiger partial charge in [-0.15, -0.1) is 0 Å². The van der Waals surface area contributed by atoms with Gasteiger partial charge in [0.05, 0.1) is 6.61 Å². The lowest BCUT2D eigenvalue weighted by Crippen LogP contribution is -2.22. The van der Waals surface area contributed by atoms with Crippen molar-refractivity contribution in [1.82, 2.24) is 0 Å². The van der Waals surface area contributed by atoms with Crippen LogP contribution < -0.4 is 4.74 Å². The van der Waals surface area contributed by atoms with Gasteiger partial charge < -0.3 is 9.84 Å². The first-order valence-electron chi connectivity index (χ1n) is 5.61. The molecule has 86 valence electrons. The van der Waals surface area contributed by atoms with Crippen molar-refractivity contribution in [2.24, 2.45) is 0 Å². The molecule has 1 N–H and O–H groups in total. The maximum Gasteiger partial charge on any atom is 0.161 e. The summed E-state index contributed by atoms with van der Waals surface area (Å²) in [7, 11) is 0. The van der Waals surface area contributed by atoms with E-state index < -0.39 is 6.10 Å². The fraction of sp³-hybridized carbons (Fsp3) is 0.462. The first kappa shape index (κ1) is 11.1. The summed E-state index contributed by atoms with van der Waals surface area (Å²) in [4.78, 5) is 11.5. The third-order valence-corrected chi connectivity index (χ3v) is 3.00. The Balaban J connectivity index is 2.16. The van der Waals surface area contributed by atoms with Crippen LogP contribution in [-0.2, 0) is 4.79 Å². The zero-order valence-corrected chi connectivity index (χ0v) is 9.35. The first-order chi connectivity index (χ1) is 7.68. The summed E-state index contributed by atoms with van der Waals surface area (Å²) in [6, 6.07) is 7.80. The lowest BCUT2D eigenvalue weighted by molar-refractivity contribution is -0.126. The Morgan fingerprint density at radius 2 is 2.31 bits per heavy atom. The average Bonchev–Trinajstić information content (AvgIpc) is 2.29. The Morgan fingerprint density at radius 3 is 3.06 bits per heavy atom. The number of ether oxygens (including phenoxy) is 1. The van der Waals surface area contributed by atoms with Crippen molar-refractivity contribution in [3.8, 4) is 5.75 Å². The molecule has 3 nitrogen and oxygen atoms in total. The monoisotopic (exact) mass is 220 g/mol. The van der Waals surface area contributed by atoms with Crippen molar-refractivity contribution in [3.05, 3.63) is 29.8 Å². The highest BCUT2D eigenvalue weighted by Crippen LogP contribution is 2.35. The number of para-hydroxylation sites is 1. The van der Waals surface area contributed by atoms with Crippen molar-refractivity contribution in [3.63, 3.8) is 0 Å². The predicted octanol–water partition coefficient (Wildman–Crippen LogP) is 1.89. The van der Waals surface area contributed by atoms with Crippen LogP contribution in [0.3, 0.4) is 0 Å². The summed E-state index contributed by atoms with van der Waals surface area (Å²) in [5, 5.41) is 9.22. The van der Waals surface area contributed by atoms with Crippen molar-refractivity contribution < 1.29 is 14.6 Å². The topological polar surface area (TPSA) is 46.5 Å². The van der Waals surface area contributed by atoms with Crippen LogP contribution in [0, 0.1) is 0 Å². The Morgan fingerprint density at radius 1 is 1.56 bits per heavy atom. The van der Waals surface area contributed by atoms with E-state index in [1.165, 1.54) is 6.92 Å². The normalized spacial score (nSPS) is 20.8. The third kappa shape index (κ3) is 2.25. The molecule has 1 aliphatic rings. The van der Waals surface area contributed by atoms with Crippen LogP contribution in [0.4, 0.5) is 0 Å². The van der Waals surface area contributed by atoms with Crippen molar-refractivity contribution in [2.75, 3.05) is 6.61 Å². The molecule has 1 aromatic rings. The van der Waals surface area contributed by atoms with E-state index in [1.807, 2.05) is 24.3 Å². The molecule has 0 amide bonds. The predicted molar refractivity (Wildman–Crippen MR) is 60.6 cm³/mol. The molecule has 0 radical (unpaired) electrons. The van der Waals surface area contributed by atoms with Gasteiger partial charge in [0.1, 0.15) is 11.9 Å². The van der Waals surface area contributed by atoms with Gasteiger partial charge in [0.15, 0.2) is 5.78 Å². The minimum atomic E-state index is -0.866. The van der Waals surface area contributed by atoms with Gasteiger partial charge in [-0.3, -0.25) is 4.79 Å². The van der Waals surface area contributed by atoms with Crippen molar-refractivity contribution in [2.45, 2.75) is 31.8 Å². The minimum absolute atomic E-state index is 0.0956. The molecule has 0 aliphatic carbocycles. The maximum atomic E-state index is 11.5. The van der Waals surface area contributed by atoms with Crippen molar-refractivity contribution in [1.29, 1.82) is 0 Å². The number of carbonyl (C=O) groups excluding carboxylic acids is 1. The standard InChI is InChI=1S/C13H16O3/c1-9(14)12(15)8-10-6-7-16-13-5-3-2-4-11(10)13/h2-5,9-10,14H,6-8H2,1H3. The van der Waals surface area contributed by atoms with Crippen LogP contribution >= 0.6 is 0 Å². The van der Waals surface area contributed by atoms with Crippen LogP contribution in [-0.4, -0.2) is 23.6 Å². The lowest BCUT2D eigenvalue weighted by Gasteiger charge is -2.25. The summed E-state index contributed by atoms with van der Waals surface area (Å²) in [6.45, 7) is 2.17. The van der Waals surface area contributed by atoms with Crippen LogP contribution in [0.25, 0.3) is 0 Å². The average molecular weight is 220 g/mol. The van der Waals surface area contributed by atoms with Gasteiger partial charge in [0.2, 0.25) is 0 Å². The summed E-state index contributed by atoms with van der Waals surface area (Å²) in [5.74, 6) is 0.964. The molecule has 0 bridgehead atoms. The number of aliphatic hydroxyl groups excluding tert-OH is 1. The van der Waals surface area contributed by atoms with Crippen LogP contribution in [0.2, 0.25) is 0 Å². The van der Waals surface area contributed by atoms with E-state index in [0.29, 0.717) is 13.0 Å². The number of Topliss-reactive ketones (excluding diaryl/α,β-unsaturated/α-hetero) is 1. The summed E-state index contributed by atoms with van der Waals surface area (Å²) in [5.41, 5.74) is 1.09. The molecular weight excluding hydrogens is 204 g/mol. The van der Waals surface area contributed by atoms with Gasteiger partial charge in [0.25, 0.3) is 0 Å². The van der Waals surface area contributed by atoms with E-state index in [2.05, 4.69) is 0 Å². The van der Waals surface area contributed by atoms with Crippen LogP contribution in [0.15, 0.2) is 24.3 Å². The second kappa shape index (κ2) is 4.66. The number of carbonyl (C=O) groups is 1. The molecule has 0 fully saturated rings. The van der Waals surface area contributed by atoms with E-state index in [4.69, 9.17) is 4.74 Å². The third-order valence-electron chi connectivity index (χ3n) is 3.00. The van der Waals surface area contributed by atoms with Gasteiger partial charge in [-0.05, 0) is 30.9 Å². The molecule has 1 heterocycles. The number of benzene rings is 1. The van der Waals surface area contributed by atoms with Gasteiger partial charge in [-0.1, -0.05) is 18.2 Å². The van der Waals surface area contributed by atoms with E-state index >= 15 is 0 Å². The van der Waals surface area contributed by atoms with Gasteiger partial charge in [0, 0.05) is 6.42 Å². The molecule has 0 saturated carbocycles. The summed E-state index contributed by atoms with van der Waals surface area (Å²) >= 11 is 0. The number of hydrogen-bond acceptors (Lipinski definition) is 3. The Labute approximate surface area is 95.0 Å². The fourth-order valence-electron chi connectivity index (χ4n) is 2.04. The molecule has 2 rings (SSSR count). The van der Waals surface area contributed by atoms with E-state index in [-0.39, 0.29) is 11.7 Å². The highest BCUT2D eigenvalue weighted by Gasteiger charge is 2.24. The number of aliphatic hydroxyl groups is 1. The SMILES string of the molecule is CC(O)C(=O)CC1CCOc2ccccc21. The molecule has 3 heteroatoms. The van der Waals surface area contributed by atoms with Gasteiger partial charge in [-0.25, -0.2) is 0 Å². The highest BCUT2D eigenvalue weighted by atomic mass is 16.5. The van der Waals surface area contributed by atoms with E-state index in [9.17, 15) is 9.90 Å². The second-order valence-electron chi connectivity index (χ2n) is 4.22. The molecular formula is C13H16O3. The minimum Gasteiger partial charge on any atom is -0.493 e. The first-order valence-corrected chi connectivity index (χ1v) is 5.61. The lowest BCUT2D eigenvalue weighted by atomic mass is 9.88. The van der Waals surface area contributed by atoms with Crippen LogP contribution in [0.5, 0.6) is 5.75 Å². The molecule has 1 aromatic carbocycles. The molecule has 0 spiro atoms. The van der Waals surface area contributed by atoms with E-state index in [1.54, 1.807) is 0 Å². The molecule has 2 unspecified atom stereocenters. The Hall–Kier alpha value is -1.35. The summed E-state index contributed by atoms with van der Waals surface area (Å²) < 4.78 is 5.52. The highest BCUT2D eigenvalue weighted by molar-refractivity contribution is 5.83. The zero-order chi connectivity index (χ0) is 11.5. The number of fused-ring (bicyclic) bond motifs is 1. The van der Waals surface area contributed by atoms with E-state index in [0.717, 1.165) is 17.7 Å². The fourth-order valence-corrected chi connectivity index (χ4v) is 2.04.